The molecule has 0 saturated carbocycles. The first-order valence-electron chi connectivity index (χ1n) is 6.88. The largest absolute Gasteiger partial charge is 0.457 e. The first-order valence-corrected chi connectivity index (χ1v) is 6.88. The van der Waals surface area contributed by atoms with E-state index in [0.29, 0.717) is 16.9 Å². The van der Waals surface area contributed by atoms with E-state index in [-0.39, 0.29) is 5.82 Å². The second-order valence-electron chi connectivity index (χ2n) is 5.64. The molecule has 1 atom stereocenters. The van der Waals surface area contributed by atoms with Crippen LogP contribution in [0.25, 0.3) is 11.0 Å². The van der Waals surface area contributed by atoms with Crippen molar-refractivity contribution in [3.05, 3.63) is 70.7 Å². The number of aliphatic hydroxyl groups is 1. The summed E-state index contributed by atoms with van der Waals surface area (Å²) in [4.78, 5) is 0. The van der Waals surface area contributed by atoms with Gasteiger partial charge in [0.05, 0.1) is 0 Å². The van der Waals surface area contributed by atoms with Crippen LogP contribution in [0, 0.1) is 19.7 Å². The van der Waals surface area contributed by atoms with Crippen LogP contribution in [0.3, 0.4) is 0 Å². The highest BCUT2D eigenvalue weighted by Gasteiger charge is 2.30. The van der Waals surface area contributed by atoms with Crippen molar-refractivity contribution in [1.29, 1.82) is 0 Å². The van der Waals surface area contributed by atoms with Crippen LogP contribution in [0.5, 0.6) is 0 Å². The molecule has 1 aromatic heterocycles. The molecule has 0 bridgehead atoms. The van der Waals surface area contributed by atoms with Gasteiger partial charge in [0, 0.05) is 5.39 Å². The molecule has 0 amide bonds. The van der Waals surface area contributed by atoms with Gasteiger partial charge in [-0.05, 0) is 49.6 Å². The van der Waals surface area contributed by atoms with Crippen molar-refractivity contribution >= 4 is 11.0 Å². The topological polar surface area (TPSA) is 33.4 Å². The molecule has 3 aromatic rings. The van der Waals surface area contributed by atoms with Crippen molar-refractivity contribution in [1.82, 2.24) is 0 Å². The number of rotatable bonds is 2. The number of fused-ring (bicyclic) bond motifs is 1. The number of furan rings is 1. The summed E-state index contributed by atoms with van der Waals surface area (Å²) in [6.07, 6.45) is 0. The zero-order valence-electron chi connectivity index (χ0n) is 12.3. The van der Waals surface area contributed by atoms with Gasteiger partial charge in [-0.3, -0.25) is 0 Å². The highest BCUT2D eigenvalue weighted by Crippen LogP contribution is 2.34. The molecule has 3 rings (SSSR count). The monoisotopic (exact) mass is 284 g/mol. The van der Waals surface area contributed by atoms with Gasteiger partial charge in [-0.2, -0.15) is 0 Å². The normalized spacial score (nSPS) is 14.3. The van der Waals surface area contributed by atoms with Crippen LogP contribution in [-0.4, -0.2) is 5.11 Å². The maximum Gasteiger partial charge on any atom is 0.144 e. The molecule has 0 aliphatic carbocycles. The molecule has 0 aliphatic heterocycles. The van der Waals surface area contributed by atoms with Crippen LogP contribution >= 0.6 is 0 Å². The van der Waals surface area contributed by atoms with E-state index >= 15 is 0 Å². The van der Waals surface area contributed by atoms with Crippen molar-refractivity contribution in [3.63, 3.8) is 0 Å². The molecule has 0 saturated heterocycles. The SMILES string of the molecule is Cc1ccc(C(C)(O)c2cc3cccc(C)c3o2)cc1F. The van der Waals surface area contributed by atoms with Crippen molar-refractivity contribution in [3.8, 4) is 0 Å². The minimum Gasteiger partial charge on any atom is -0.457 e. The lowest BCUT2D eigenvalue weighted by atomic mass is 9.92. The Morgan fingerprint density at radius 2 is 1.81 bits per heavy atom. The van der Waals surface area contributed by atoms with Crippen LogP contribution < -0.4 is 0 Å². The van der Waals surface area contributed by atoms with E-state index in [1.807, 2.05) is 25.1 Å². The fourth-order valence-electron chi connectivity index (χ4n) is 2.49. The standard InChI is InChI=1S/C18H17FO2/c1-11-7-8-14(10-15(11)19)18(3,20)16-9-13-6-4-5-12(2)17(13)21-16/h4-10,20H,1-3H3. The zero-order valence-corrected chi connectivity index (χ0v) is 12.3. The summed E-state index contributed by atoms with van der Waals surface area (Å²) >= 11 is 0. The first kappa shape index (κ1) is 13.8. The van der Waals surface area contributed by atoms with Gasteiger partial charge in [-0.15, -0.1) is 0 Å². The lowest BCUT2D eigenvalue weighted by molar-refractivity contribution is 0.0782. The molecular formula is C18H17FO2. The Bertz CT molecular complexity index is 815. The highest BCUT2D eigenvalue weighted by molar-refractivity contribution is 5.81. The molecule has 1 N–H and O–H groups in total. The molecule has 2 nitrogen and oxygen atoms in total. The maximum atomic E-state index is 13.8. The Hall–Kier alpha value is -2.13. The van der Waals surface area contributed by atoms with Gasteiger partial charge in [0.2, 0.25) is 0 Å². The minimum absolute atomic E-state index is 0.333. The third-order valence-electron chi connectivity index (χ3n) is 3.95. The summed E-state index contributed by atoms with van der Waals surface area (Å²) in [6, 6.07) is 12.4. The summed E-state index contributed by atoms with van der Waals surface area (Å²) in [5.41, 5.74) is 1.40. The molecule has 1 unspecified atom stereocenters. The van der Waals surface area contributed by atoms with Crippen LogP contribution in [-0.2, 0) is 5.60 Å². The molecule has 0 spiro atoms. The van der Waals surface area contributed by atoms with Gasteiger partial charge < -0.3 is 9.52 Å². The van der Waals surface area contributed by atoms with E-state index in [9.17, 15) is 9.50 Å². The molecule has 0 radical (unpaired) electrons. The van der Waals surface area contributed by atoms with Crippen LogP contribution in [0.2, 0.25) is 0 Å². The van der Waals surface area contributed by atoms with E-state index < -0.39 is 5.60 Å². The van der Waals surface area contributed by atoms with Crippen LogP contribution in [0.1, 0.15) is 29.4 Å². The third-order valence-corrected chi connectivity index (χ3v) is 3.95. The Balaban J connectivity index is 2.14. The molecule has 21 heavy (non-hydrogen) atoms. The molecular weight excluding hydrogens is 267 g/mol. The number of aryl methyl sites for hydroxylation is 2. The van der Waals surface area contributed by atoms with Crippen LogP contribution in [0.4, 0.5) is 4.39 Å². The summed E-state index contributed by atoms with van der Waals surface area (Å²) in [6.45, 7) is 5.26. The van der Waals surface area contributed by atoms with Gasteiger partial charge in [-0.1, -0.05) is 30.3 Å². The molecule has 0 fully saturated rings. The van der Waals surface area contributed by atoms with Gasteiger partial charge in [0.1, 0.15) is 22.8 Å². The van der Waals surface area contributed by atoms with E-state index in [0.717, 1.165) is 16.5 Å². The van der Waals surface area contributed by atoms with Crippen molar-refractivity contribution in [2.45, 2.75) is 26.4 Å². The second kappa shape index (κ2) is 4.71. The van der Waals surface area contributed by atoms with E-state index in [1.165, 1.54) is 6.07 Å². The second-order valence-corrected chi connectivity index (χ2v) is 5.64. The molecule has 1 heterocycles. The number of halogens is 1. The van der Waals surface area contributed by atoms with Gasteiger partial charge in [0.25, 0.3) is 0 Å². The molecule has 108 valence electrons. The number of benzene rings is 2. The van der Waals surface area contributed by atoms with Gasteiger partial charge >= 0.3 is 0 Å². The predicted molar refractivity (Wildman–Crippen MR) is 80.8 cm³/mol. The fourth-order valence-corrected chi connectivity index (χ4v) is 2.49. The number of para-hydroxylation sites is 1. The summed E-state index contributed by atoms with van der Waals surface area (Å²) in [7, 11) is 0. The van der Waals surface area contributed by atoms with Gasteiger partial charge in [-0.25, -0.2) is 4.39 Å². The number of hydrogen-bond acceptors (Lipinski definition) is 2. The Kier molecular flexibility index (Phi) is 3.10. The quantitative estimate of drug-likeness (QED) is 0.754. The predicted octanol–water partition coefficient (Wildman–Crippen LogP) is 4.44. The van der Waals surface area contributed by atoms with Crippen LogP contribution in [0.15, 0.2) is 46.9 Å². The molecule has 0 aliphatic rings. The van der Waals surface area contributed by atoms with Crippen molar-refractivity contribution < 1.29 is 13.9 Å². The Morgan fingerprint density at radius 3 is 2.48 bits per heavy atom. The van der Waals surface area contributed by atoms with E-state index in [1.54, 1.807) is 32.0 Å². The van der Waals surface area contributed by atoms with Crippen molar-refractivity contribution in [2.75, 3.05) is 0 Å². The molecule has 3 heteroatoms. The molecule has 2 aromatic carbocycles. The Morgan fingerprint density at radius 1 is 1.05 bits per heavy atom. The Labute approximate surface area is 122 Å². The minimum atomic E-state index is -1.38. The van der Waals surface area contributed by atoms with Gasteiger partial charge in [0.15, 0.2) is 0 Å². The van der Waals surface area contributed by atoms with Crippen molar-refractivity contribution in [2.24, 2.45) is 0 Å². The highest BCUT2D eigenvalue weighted by atomic mass is 19.1. The summed E-state index contributed by atoms with van der Waals surface area (Å²) in [5, 5.41) is 11.7. The lowest BCUT2D eigenvalue weighted by Gasteiger charge is -2.21. The zero-order chi connectivity index (χ0) is 15.2. The smallest absolute Gasteiger partial charge is 0.144 e. The third kappa shape index (κ3) is 2.24. The van der Waals surface area contributed by atoms with E-state index in [4.69, 9.17) is 4.42 Å². The average Bonchev–Trinajstić information content (AvgIpc) is 2.88. The number of hydrogen-bond donors (Lipinski definition) is 1. The maximum absolute atomic E-state index is 13.8. The fraction of sp³-hybridized carbons (Fsp3) is 0.222. The summed E-state index contributed by atoms with van der Waals surface area (Å²) < 4.78 is 19.6. The first-order chi connectivity index (χ1) is 9.89. The van der Waals surface area contributed by atoms with E-state index in [2.05, 4.69) is 0 Å². The average molecular weight is 284 g/mol. The summed E-state index contributed by atoms with van der Waals surface area (Å²) in [5.74, 6) is 0.0788. The lowest BCUT2D eigenvalue weighted by Crippen LogP contribution is -2.22.